The first kappa shape index (κ1) is 13.1. The fourth-order valence-electron chi connectivity index (χ4n) is 0.653. The summed E-state index contributed by atoms with van der Waals surface area (Å²) in [6, 6.07) is 0. The molecule has 82 valence electrons. The molecule has 0 aliphatic rings. The minimum Gasteiger partial charge on any atom is -0.379 e. The van der Waals surface area contributed by atoms with Crippen LogP contribution in [0, 0.1) is 0 Å². The summed E-state index contributed by atoms with van der Waals surface area (Å²) in [6.07, 6.45) is 2.17. The van der Waals surface area contributed by atoms with Gasteiger partial charge in [-0.1, -0.05) is 19.9 Å². The molecule has 0 bridgehead atoms. The molecule has 0 aromatic heterocycles. The molecule has 0 unspecified atom stereocenters. The van der Waals surface area contributed by atoms with Crippen molar-refractivity contribution >= 4 is 5.91 Å². The van der Waals surface area contributed by atoms with Crippen LogP contribution in [0.5, 0.6) is 0 Å². The molecule has 0 spiro atoms. The molecule has 0 fully saturated rings. The van der Waals surface area contributed by atoms with Crippen LogP contribution in [-0.4, -0.2) is 25.7 Å². The van der Waals surface area contributed by atoms with Gasteiger partial charge in [0.05, 0.1) is 13.2 Å². The van der Waals surface area contributed by atoms with Crippen molar-refractivity contribution in [1.29, 1.82) is 0 Å². The normalized spacial score (nSPS) is 9.86. The lowest BCUT2D eigenvalue weighted by Crippen LogP contribution is -2.25. The van der Waals surface area contributed by atoms with Crippen molar-refractivity contribution in [2.75, 3.05) is 19.8 Å². The van der Waals surface area contributed by atoms with Gasteiger partial charge in [0.25, 0.3) is 5.91 Å². The van der Waals surface area contributed by atoms with Gasteiger partial charge in [-0.05, 0) is 13.3 Å². The van der Waals surface area contributed by atoms with Crippen molar-refractivity contribution < 1.29 is 14.4 Å². The number of nitrogens with one attached hydrogen (secondary N) is 1. The average Bonchev–Trinajstić information content (AvgIpc) is 2.16. The van der Waals surface area contributed by atoms with Crippen LogP contribution >= 0.6 is 0 Å². The quantitative estimate of drug-likeness (QED) is 0.367. The van der Waals surface area contributed by atoms with E-state index in [1.165, 1.54) is 0 Å². The van der Waals surface area contributed by atoms with Gasteiger partial charge in [0, 0.05) is 12.2 Å². The van der Waals surface area contributed by atoms with E-state index in [0.717, 1.165) is 19.4 Å². The molecule has 0 aromatic rings. The Labute approximate surface area is 85.2 Å². The zero-order valence-electron chi connectivity index (χ0n) is 8.97. The van der Waals surface area contributed by atoms with Gasteiger partial charge in [0.15, 0.2) is 0 Å². The summed E-state index contributed by atoms with van der Waals surface area (Å²) in [7, 11) is 0. The lowest BCUT2D eigenvalue weighted by molar-refractivity contribution is -0.130. The topological polar surface area (TPSA) is 47.6 Å². The maximum absolute atomic E-state index is 10.9. The largest absolute Gasteiger partial charge is 0.379 e. The molecule has 14 heavy (non-hydrogen) atoms. The number of carbonyl (C=O) groups is 1. The summed E-state index contributed by atoms with van der Waals surface area (Å²) in [5, 5.41) is 0. The van der Waals surface area contributed by atoms with Crippen LogP contribution in [0.1, 0.15) is 26.7 Å². The maximum Gasteiger partial charge on any atom is 0.269 e. The van der Waals surface area contributed by atoms with E-state index >= 15 is 0 Å². The number of hydroxylamine groups is 1. The Morgan fingerprint density at radius 2 is 2.07 bits per heavy atom. The Bertz CT molecular complexity index is 180. The van der Waals surface area contributed by atoms with E-state index in [4.69, 9.17) is 9.57 Å². The van der Waals surface area contributed by atoms with E-state index in [0.29, 0.717) is 18.8 Å². The smallest absolute Gasteiger partial charge is 0.269 e. The number of rotatable bonds is 8. The molecule has 0 aliphatic heterocycles. The summed E-state index contributed by atoms with van der Waals surface area (Å²) in [5.74, 6) is -0.293. The van der Waals surface area contributed by atoms with Crippen molar-refractivity contribution in [2.45, 2.75) is 26.7 Å². The van der Waals surface area contributed by atoms with Crippen LogP contribution in [0.25, 0.3) is 0 Å². The monoisotopic (exact) mass is 201 g/mol. The predicted octanol–water partition coefficient (Wildman–Crippen LogP) is 1.43. The van der Waals surface area contributed by atoms with Crippen molar-refractivity contribution in [3.05, 3.63) is 12.2 Å². The van der Waals surface area contributed by atoms with Crippen molar-refractivity contribution in [1.82, 2.24) is 5.48 Å². The van der Waals surface area contributed by atoms with E-state index in [1.807, 2.05) is 0 Å². The van der Waals surface area contributed by atoms with E-state index < -0.39 is 0 Å². The second-order valence-corrected chi connectivity index (χ2v) is 3.03. The molecule has 0 heterocycles. The van der Waals surface area contributed by atoms with E-state index in [9.17, 15) is 4.79 Å². The van der Waals surface area contributed by atoms with Crippen LogP contribution in [0.3, 0.4) is 0 Å². The molecule has 4 nitrogen and oxygen atoms in total. The van der Waals surface area contributed by atoms with Gasteiger partial charge in [-0.2, -0.15) is 0 Å². The molecule has 1 amide bonds. The molecule has 0 saturated heterocycles. The molecule has 1 N–H and O–H groups in total. The van der Waals surface area contributed by atoms with Crippen LogP contribution in [0.2, 0.25) is 0 Å². The Hall–Kier alpha value is -0.870. The number of ether oxygens (including phenoxy) is 1. The highest BCUT2D eigenvalue weighted by Crippen LogP contribution is 1.88. The SMILES string of the molecule is C=C(C)C(=O)NOCCOCCCC. The fraction of sp³-hybridized carbons (Fsp3) is 0.700. The molecule has 0 rings (SSSR count). The summed E-state index contributed by atoms with van der Waals surface area (Å²) < 4.78 is 5.22. The van der Waals surface area contributed by atoms with E-state index in [-0.39, 0.29) is 5.91 Å². The third-order valence-corrected chi connectivity index (χ3v) is 1.52. The molecule has 0 aromatic carbocycles. The minimum absolute atomic E-state index is 0.293. The number of hydrogen-bond acceptors (Lipinski definition) is 3. The Morgan fingerprint density at radius 3 is 2.64 bits per heavy atom. The number of unbranched alkanes of at least 4 members (excludes halogenated alkanes) is 1. The van der Waals surface area contributed by atoms with Gasteiger partial charge in [-0.3, -0.25) is 9.63 Å². The third kappa shape index (κ3) is 7.76. The summed E-state index contributed by atoms with van der Waals surface area (Å²) >= 11 is 0. The molecular formula is C10H19NO3. The zero-order valence-corrected chi connectivity index (χ0v) is 8.97. The highest BCUT2D eigenvalue weighted by molar-refractivity contribution is 5.91. The minimum atomic E-state index is -0.293. The van der Waals surface area contributed by atoms with Crippen LogP contribution in [-0.2, 0) is 14.4 Å². The van der Waals surface area contributed by atoms with Gasteiger partial charge in [0.2, 0.25) is 0 Å². The highest BCUT2D eigenvalue weighted by Gasteiger charge is 1.99. The Morgan fingerprint density at radius 1 is 1.36 bits per heavy atom. The van der Waals surface area contributed by atoms with Gasteiger partial charge in [0.1, 0.15) is 0 Å². The van der Waals surface area contributed by atoms with Crippen molar-refractivity contribution in [2.24, 2.45) is 0 Å². The second kappa shape index (κ2) is 8.72. The Balaban J connectivity index is 3.13. The standard InChI is InChI=1S/C10H19NO3/c1-4-5-6-13-7-8-14-11-10(12)9(2)3/h2,4-8H2,1,3H3,(H,11,12). The molecule has 0 atom stereocenters. The molecule has 0 saturated carbocycles. The first-order valence-corrected chi connectivity index (χ1v) is 4.83. The summed E-state index contributed by atoms with van der Waals surface area (Å²) in [6.45, 7) is 8.80. The van der Waals surface area contributed by atoms with Crippen LogP contribution in [0.15, 0.2) is 12.2 Å². The van der Waals surface area contributed by atoms with Gasteiger partial charge < -0.3 is 4.74 Å². The van der Waals surface area contributed by atoms with E-state index in [1.54, 1.807) is 6.92 Å². The summed E-state index contributed by atoms with van der Waals surface area (Å²) in [4.78, 5) is 15.8. The van der Waals surface area contributed by atoms with E-state index in [2.05, 4.69) is 19.0 Å². The van der Waals surface area contributed by atoms with Crippen molar-refractivity contribution in [3.8, 4) is 0 Å². The first-order chi connectivity index (χ1) is 6.68. The molecule has 0 radical (unpaired) electrons. The van der Waals surface area contributed by atoms with Gasteiger partial charge in [-0.15, -0.1) is 0 Å². The predicted molar refractivity (Wildman–Crippen MR) is 54.6 cm³/mol. The number of amides is 1. The molecular weight excluding hydrogens is 182 g/mol. The fourth-order valence-corrected chi connectivity index (χ4v) is 0.653. The zero-order chi connectivity index (χ0) is 10.8. The second-order valence-electron chi connectivity index (χ2n) is 3.03. The van der Waals surface area contributed by atoms with Crippen LogP contribution in [0.4, 0.5) is 0 Å². The lowest BCUT2D eigenvalue weighted by Gasteiger charge is -2.05. The molecule has 0 aliphatic carbocycles. The average molecular weight is 201 g/mol. The van der Waals surface area contributed by atoms with Gasteiger partial charge in [-0.25, -0.2) is 5.48 Å². The number of hydrogen-bond donors (Lipinski definition) is 1. The third-order valence-electron chi connectivity index (χ3n) is 1.52. The lowest BCUT2D eigenvalue weighted by atomic mass is 10.3. The van der Waals surface area contributed by atoms with Crippen molar-refractivity contribution in [3.63, 3.8) is 0 Å². The summed E-state index contributed by atoms with van der Waals surface area (Å²) in [5.41, 5.74) is 2.68. The maximum atomic E-state index is 10.9. The number of carbonyl (C=O) groups excluding carboxylic acids is 1. The Kier molecular flexibility index (Phi) is 8.17. The van der Waals surface area contributed by atoms with Crippen LogP contribution < -0.4 is 5.48 Å². The highest BCUT2D eigenvalue weighted by atomic mass is 16.7. The van der Waals surface area contributed by atoms with Gasteiger partial charge >= 0.3 is 0 Å². The first-order valence-electron chi connectivity index (χ1n) is 4.83. The molecule has 4 heteroatoms.